The standard InChI is InChI=1S/C44H40Cl2N8O6S2/c1-21-35-37(25-11-15-27(45)16-12-25)47-29(19-33(57)59-5)41-51-49-23(3)53(41)43(35)61-39(21)31(55)9-7-8-10-32(56)40-22(2)36-38(26-13-17-28(46)18-14-26)48-30(20-34(58)60-6)42-52-50-24(4)54(42)44(36)62-40/h11-18,29-30H,7-10,19-20H2,1-6H3/t29-,30-/m0/s1. The van der Waals surface area contributed by atoms with E-state index in [0.717, 1.165) is 43.4 Å². The molecular weight excluding hydrogens is 872 g/mol. The van der Waals surface area contributed by atoms with Crippen LogP contribution in [0.15, 0.2) is 58.5 Å². The van der Waals surface area contributed by atoms with Crippen molar-refractivity contribution in [2.45, 2.75) is 78.3 Å². The molecule has 318 valence electrons. The van der Waals surface area contributed by atoms with Gasteiger partial charge < -0.3 is 9.47 Å². The Labute approximate surface area is 374 Å². The van der Waals surface area contributed by atoms with Gasteiger partial charge in [0.2, 0.25) is 0 Å². The largest absolute Gasteiger partial charge is 0.469 e. The molecule has 6 aromatic rings. The summed E-state index contributed by atoms with van der Waals surface area (Å²) in [6.07, 6.45) is 1.31. The molecule has 62 heavy (non-hydrogen) atoms. The molecule has 4 aromatic heterocycles. The number of Topliss-reactive ketones (excluding diaryl/α,β-unsaturated/α-hetero) is 2. The van der Waals surface area contributed by atoms with Crippen molar-refractivity contribution in [3.8, 4) is 10.0 Å². The molecule has 0 amide bonds. The van der Waals surface area contributed by atoms with E-state index >= 15 is 0 Å². The Morgan fingerprint density at radius 2 is 0.968 bits per heavy atom. The van der Waals surface area contributed by atoms with Crippen molar-refractivity contribution in [2.75, 3.05) is 14.2 Å². The van der Waals surface area contributed by atoms with Gasteiger partial charge in [-0.15, -0.1) is 43.1 Å². The van der Waals surface area contributed by atoms with E-state index in [4.69, 9.17) is 42.7 Å². The lowest BCUT2D eigenvalue weighted by Crippen LogP contribution is -2.12. The van der Waals surface area contributed by atoms with Gasteiger partial charge in [-0.1, -0.05) is 47.5 Å². The molecular formula is C44H40Cl2N8O6S2. The molecule has 18 heteroatoms. The van der Waals surface area contributed by atoms with E-state index in [1.807, 2.05) is 61.1 Å². The number of thiophene rings is 2. The molecule has 0 saturated heterocycles. The van der Waals surface area contributed by atoms with Crippen molar-refractivity contribution in [3.05, 3.63) is 125 Å². The summed E-state index contributed by atoms with van der Waals surface area (Å²) >= 11 is 15.2. The van der Waals surface area contributed by atoms with E-state index in [0.29, 0.717) is 67.4 Å². The SMILES string of the molecule is COC(=O)C[C@@H]1N=C(c2ccc(Cl)cc2)c2c(sc(C(=O)CCCCC(=O)c3sc4c(c3C)C(c3ccc(Cl)cc3)=N[C@@H](CC(=O)OC)c3nnc(C)n3-4)c2C)-n2c(C)nnc21. The first-order valence-corrected chi connectivity index (χ1v) is 22.2. The number of carbonyl (C=O) groups excluding carboxylic acids is 4. The Morgan fingerprint density at radius 1 is 0.597 bits per heavy atom. The molecule has 8 rings (SSSR count). The first kappa shape index (κ1) is 43.0. The van der Waals surface area contributed by atoms with Gasteiger partial charge in [0.25, 0.3) is 0 Å². The molecule has 0 N–H and O–H groups in total. The third-order valence-electron chi connectivity index (χ3n) is 11.0. The Morgan fingerprint density at radius 3 is 1.32 bits per heavy atom. The molecule has 0 saturated carbocycles. The molecule has 0 fully saturated rings. The monoisotopic (exact) mass is 910 g/mol. The van der Waals surface area contributed by atoms with E-state index in [-0.39, 0.29) is 37.2 Å². The lowest BCUT2D eigenvalue weighted by Gasteiger charge is -2.12. The van der Waals surface area contributed by atoms with Crippen LogP contribution in [0.1, 0.15) is 127 Å². The first-order chi connectivity index (χ1) is 29.8. The maximum absolute atomic E-state index is 14.1. The molecule has 2 aromatic carbocycles. The third-order valence-corrected chi connectivity index (χ3v) is 14.1. The Bertz CT molecular complexity index is 2640. The number of methoxy groups -OCH3 is 2. The van der Waals surface area contributed by atoms with Crippen LogP contribution in [0.4, 0.5) is 0 Å². The zero-order chi connectivity index (χ0) is 44.0. The second kappa shape index (κ2) is 17.6. The number of esters is 2. The summed E-state index contributed by atoms with van der Waals surface area (Å²) in [6.45, 7) is 7.46. The number of ether oxygens (including phenoxy) is 2. The maximum atomic E-state index is 14.1. The van der Waals surface area contributed by atoms with Crippen molar-refractivity contribution in [3.63, 3.8) is 0 Å². The molecule has 2 aliphatic heterocycles. The first-order valence-electron chi connectivity index (χ1n) is 19.8. The van der Waals surface area contributed by atoms with Crippen molar-refractivity contribution < 1.29 is 28.7 Å². The second-order valence-corrected chi connectivity index (χ2v) is 17.8. The predicted molar refractivity (Wildman–Crippen MR) is 237 cm³/mol. The van der Waals surface area contributed by atoms with Gasteiger partial charge in [0.1, 0.15) is 33.7 Å². The highest BCUT2D eigenvalue weighted by Gasteiger charge is 2.36. The summed E-state index contributed by atoms with van der Waals surface area (Å²) in [4.78, 5) is 64.6. The van der Waals surface area contributed by atoms with Gasteiger partial charge in [0.15, 0.2) is 23.2 Å². The highest BCUT2D eigenvalue weighted by atomic mass is 35.5. The van der Waals surface area contributed by atoms with Gasteiger partial charge >= 0.3 is 11.9 Å². The summed E-state index contributed by atoms with van der Waals surface area (Å²) in [5, 5.41) is 20.1. The van der Waals surface area contributed by atoms with Crippen LogP contribution >= 0.6 is 45.9 Å². The minimum absolute atomic E-state index is 0.0477. The Kier molecular flexibility index (Phi) is 12.2. The highest BCUT2D eigenvalue weighted by molar-refractivity contribution is 7.17. The minimum atomic E-state index is -0.686. The zero-order valence-corrected chi connectivity index (χ0v) is 37.8. The van der Waals surface area contributed by atoms with Gasteiger partial charge in [0.05, 0.1) is 48.2 Å². The molecule has 0 aliphatic carbocycles. The normalized spacial score (nSPS) is 15.3. The van der Waals surface area contributed by atoms with Crippen LogP contribution in [0, 0.1) is 27.7 Å². The fourth-order valence-electron chi connectivity index (χ4n) is 7.86. The van der Waals surface area contributed by atoms with Crippen LogP contribution < -0.4 is 0 Å². The van der Waals surface area contributed by atoms with Gasteiger partial charge in [0, 0.05) is 45.1 Å². The quantitative estimate of drug-likeness (QED) is 0.0618. The van der Waals surface area contributed by atoms with E-state index < -0.39 is 24.0 Å². The fraction of sp³-hybridized carbons (Fsp3) is 0.318. The van der Waals surface area contributed by atoms with Crippen LogP contribution in [-0.2, 0) is 19.1 Å². The van der Waals surface area contributed by atoms with Crippen molar-refractivity contribution >= 4 is 80.8 Å². The fourth-order valence-corrected chi connectivity index (χ4v) is 10.8. The number of benzene rings is 2. The number of aliphatic imine (C=N–C) groups is 2. The number of carbonyl (C=O) groups is 4. The van der Waals surface area contributed by atoms with Crippen LogP contribution in [0.2, 0.25) is 10.0 Å². The van der Waals surface area contributed by atoms with E-state index in [2.05, 4.69) is 20.4 Å². The van der Waals surface area contributed by atoms with Gasteiger partial charge in [-0.05, 0) is 75.9 Å². The summed E-state index contributed by atoms with van der Waals surface area (Å²) in [7, 11) is 2.66. The number of aryl methyl sites for hydroxylation is 2. The van der Waals surface area contributed by atoms with Crippen molar-refractivity contribution in [1.82, 2.24) is 29.5 Å². The smallest absolute Gasteiger partial charge is 0.308 e. The lowest BCUT2D eigenvalue weighted by atomic mass is 9.97. The number of unbranched alkanes of at least 4 members (excludes halogenated alkanes) is 1. The number of fused-ring (bicyclic) bond motifs is 6. The molecule has 6 heterocycles. The number of hydrogen-bond donors (Lipinski definition) is 0. The maximum Gasteiger partial charge on any atom is 0.308 e. The van der Waals surface area contributed by atoms with Crippen LogP contribution in [0.3, 0.4) is 0 Å². The summed E-state index contributed by atoms with van der Waals surface area (Å²) in [5.74, 6) is 1.14. The molecule has 2 atom stereocenters. The van der Waals surface area contributed by atoms with E-state index in [1.54, 1.807) is 24.3 Å². The molecule has 0 spiro atoms. The predicted octanol–water partition coefficient (Wildman–Crippen LogP) is 9.05. The van der Waals surface area contributed by atoms with Crippen molar-refractivity contribution in [1.29, 1.82) is 0 Å². The number of nitrogens with zero attached hydrogens (tertiary/aromatic N) is 8. The van der Waals surface area contributed by atoms with Gasteiger partial charge in [-0.2, -0.15) is 0 Å². The molecule has 0 bridgehead atoms. The Hall–Kier alpha value is -5.68. The van der Waals surface area contributed by atoms with Crippen LogP contribution in [-0.4, -0.2) is 78.7 Å². The summed E-state index contributed by atoms with van der Waals surface area (Å²) in [6, 6.07) is 13.2. The molecule has 14 nitrogen and oxygen atoms in total. The average molecular weight is 912 g/mol. The van der Waals surface area contributed by atoms with Crippen LogP contribution in [0.25, 0.3) is 10.0 Å². The highest BCUT2D eigenvalue weighted by Crippen LogP contribution is 2.43. The Balaban J connectivity index is 1.06. The van der Waals surface area contributed by atoms with Crippen molar-refractivity contribution in [2.24, 2.45) is 9.98 Å². The van der Waals surface area contributed by atoms with Crippen LogP contribution in [0.5, 0.6) is 0 Å². The topological polar surface area (TPSA) is 173 Å². The summed E-state index contributed by atoms with van der Waals surface area (Å²) < 4.78 is 13.8. The number of aromatic nitrogens is 6. The number of halogens is 2. The number of hydrogen-bond acceptors (Lipinski definition) is 14. The minimum Gasteiger partial charge on any atom is -0.469 e. The molecule has 0 unspecified atom stereocenters. The van der Waals surface area contributed by atoms with Gasteiger partial charge in [-0.25, -0.2) is 0 Å². The van der Waals surface area contributed by atoms with E-state index in [1.165, 1.54) is 36.9 Å². The van der Waals surface area contributed by atoms with E-state index in [9.17, 15) is 19.2 Å². The summed E-state index contributed by atoms with van der Waals surface area (Å²) in [5.41, 5.74) is 5.77. The zero-order valence-electron chi connectivity index (χ0n) is 34.6. The number of ketones is 2. The number of rotatable bonds is 13. The lowest BCUT2D eigenvalue weighted by molar-refractivity contribution is -0.142. The molecule has 0 radical (unpaired) electrons. The third kappa shape index (κ3) is 7.96. The molecule has 2 aliphatic rings. The van der Waals surface area contributed by atoms with Gasteiger partial charge in [-0.3, -0.25) is 38.3 Å². The second-order valence-electron chi connectivity index (χ2n) is 15.0. The average Bonchev–Trinajstić information content (AvgIpc) is 3.98.